The van der Waals surface area contributed by atoms with E-state index >= 15 is 0 Å². The van der Waals surface area contributed by atoms with Gasteiger partial charge in [-0.1, -0.05) is 63.7 Å². The quantitative estimate of drug-likeness (QED) is 0.554. The Morgan fingerprint density at radius 3 is 2.38 bits per heavy atom. The highest BCUT2D eigenvalue weighted by atomic mass is 16.5. The van der Waals surface area contributed by atoms with Crippen LogP contribution in [0.2, 0.25) is 0 Å². The predicted molar refractivity (Wildman–Crippen MR) is 106 cm³/mol. The summed E-state index contributed by atoms with van der Waals surface area (Å²) in [7, 11) is 0. The summed E-state index contributed by atoms with van der Waals surface area (Å²) in [6.07, 6.45) is 0. The van der Waals surface area contributed by atoms with Crippen molar-refractivity contribution in [3.63, 3.8) is 0 Å². The molecule has 1 N–H and O–H groups in total. The molecule has 2 heteroatoms. The number of phenolic OH excluding ortho intramolecular Hbond substituents is 1. The molecule has 0 unspecified atom stereocenters. The van der Waals surface area contributed by atoms with Gasteiger partial charge in [0.05, 0.1) is 0 Å². The Hall–Kier alpha value is -3.00. The van der Waals surface area contributed by atoms with Crippen molar-refractivity contribution in [3.05, 3.63) is 87.8 Å². The molecule has 0 saturated heterocycles. The molecule has 130 valence electrons. The van der Waals surface area contributed by atoms with E-state index in [9.17, 15) is 5.11 Å². The Kier molecular flexibility index (Phi) is 3.66. The summed E-state index contributed by atoms with van der Waals surface area (Å²) < 4.78 is 6.10. The summed E-state index contributed by atoms with van der Waals surface area (Å²) in [6.45, 7) is 10.7. The van der Waals surface area contributed by atoms with Crippen molar-refractivity contribution in [2.24, 2.45) is 0 Å². The minimum atomic E-state index is 0.00535. The van der Waals surface area contributed by atoms with Crippen molar-refractivity contribution in [1.82, 2.24) is 0 Å². The zero-order valence-corrected chi connectivity index (χ0v) is 15.3. The summed E-state index contributed by atoms with van der Waals surface area (Å²) in [5, 5.41) is 11.9. The zero-order chi connectivity index (χ0) is 18.5. The van der Waals surface area contributed by atoms with E-state index in [1.165, 1.54) is 11.1 Å². The number of rotatable bonds is 1. The summed E-state index contributed by atoms with van der Waals surface area (Å²) in [4.78, 5) is 0. The lowest BCUT2D eigenvalue weighted by atomic mass is 9.79. The number of aromatic hydroxyl groups is 1. The Bertz CT molecular complexity index is 1120. The van der Waals surface area contributed by atoms with Crippen LogP contribution in [0, 0.1) is 0 Å². The van der Waals surface area contributed by atoms with E-state index in [2.05, 4.69) is 57.7 Å². The number of benzene rings is 3. The van der Waals surface area contributed by atoms with Crippen LogP contribution in [-0.2, 0) is 5.41 Å². The first-order valence-electron chi connectivity index (χ1n) is 8.79. The molecule has 0 atom stereocenters. The van der Waals surface area contributed by atoms with E-state index in [0.717, 1.165) is 27.3 Å². The van der Waals surface area contributed by atoms with Gasteiger partial charge in [-0.05, 0) is 40.0 Å². The van der Waals surface area contributed by atoms with Gasteiger partial charge in [-0.3, -0.25) is 0 Å². The third kappa shape index (κ3) is 2.68. The van der Waals surface area contributed by atoms with Crippen molar-refractivity contribution in [2.45, 2.75) is 26.2 Å². The van der Waals surface area contributed by atoms with Gasteiger partial charge >= 0.3 is 0 Å². The highest BCUT2D eigenvalue weighted by Gasteiger charge is 2.25. The molecule has 0 amide bonds. The fourth-order valence-electron chi connectivity index (χ4n) is 3.57. The fraction of sp³-hybridized carbons (Fsp3) is 0.167. The van der Waals surface area contributed by atoms with Gasteiger partial charge < -0.3 is 9.84 Å². The van der Waals surface area contributed by atoms with Gasteiger partial charge in [0.1, 0.15) is 17.2 Å². The van der Waals surface area contributed by atoms with Crippen LogP contribution in [0.25, 0.3) is 12.2 Å². The van der Waals surface area contributed by atoms with Crippen LogP contribution in [0.1, 0.15) is 37.5 Å². The van der Waals surface area contributed by atoms with Crippen molar-refractivity contribution in [1.29, 1.82) is 0 Å². The predicted octanol–water partition coefficient (Wildman–Crippen LogP) is 4.45. The Labute approximate surface area is 153 Å². The van der Waals surface area contributed by atoms with Gasteiger partial charge in [0.15, 0.2) is 0 Å². The summed E-state index contributed by atoms with van der Waals surface area (Å²) in [6, 6.07) is 19.9. The first-order valence-corrected chi connectivity index (χ1v) is 8.79. The molecule has 1 heterocycles. The van der Waals surface area contributed by atoms with Crippen LogP contribution in [0.15, 0.2) is 60.7 Å². The lowest BCUT2D eigenvalue weighted by Gasteiger charge is -2.27. The smallest absolute Gasteiger partial charge is 0.139 e. The summed E-state index contributed by atoms with van der Waals surface area (Å²) in [5.41, 5.74) is 4.59. The molecular weight excluding hydrogens is 320 g/mol. The second kappa shape index (κ2) is 5.77. The molecule has 2 nitrogen and oxygen atoms in total. The van der Waals surface area contributed by atoms with Crippen molar-refractivity contribution in [3.8, 4) is 17.2 Å². The van der Waals surface area contributed by atoms with Gasteiger partial charge in [0.25, 0.3) is 0 Å². The zero-order valence-electron chi connectivity index (χ0n) is 15.3. The van der Waals surface area contributed by atoms with Crippen molar-refractivity contribution >= 4 is 12.2 Å². The number of hydrogen-bond donors (Lipinski definition) is 1. The maximum Gasteiger partial charge on any atom is 0.139 e. The van der Waals surface area contributed by atoms with E-state index in [-0.39, 0.29) is 11.2 Å². The van der Waals surface area contributed by atoms with E-state index < -0.39 is 0 Å². The largest absolute Gasteiger partial charge is 0.508 e. The van der Waals surface area contributed by atoms with Crippen molar-refractivity contribution in [2.75, 3.05) is 0 Å². The van der Waals surface area contributed by atoms with E-state index in [1.807, 2.05) is 18.2 Å². The fourth-order valence-corrected chi connectivity index (χ4v) is 3.57. The van der Waals surface area contributed by atoms with Gasteiger partial charge in [-0.25, -0.2) is 0 Å². The molecule has 0 aromatic heterocycles. The molecule has 1 aliphatic rings. The first kappa shape index (κ1) is 16.5. The van der Waals surface area contributed by atoms with Crippen LogP contribution < -0.4 is 15.2 Å². The molecule has 26 heavy (non-hydrogen) atoms. The molecule has 0 saturated carbocycles. The SMILES string of the molecule is C=c1ccc2c(c1)Oc1cc(O)ccc1C=2c1ccccc1C(C)(C)C. The lowest BCUT2D eigenvalue weighted by Crippen LogP contribution is -2.22. The number of phenols is 1. The second-order valence-corrected chi connectivity index (χ2v) is 7.78. The maximum absolute atomic E-state index is 9.93. The van der Waals surface area contributed by atoms with Gasteiger partial charge in [0.2, 0.25) is 0 Å². The van der Waals surface area contributed by atoms with Gasteiger partial charge in [-0.15, -0.1) is 0 Å². The monoisotopic (exact) mass is 342 g/mol. The Morgan fingerprint density at radius 1 is 0.846 bits per heavy atom. The van der Waals surface area contributed by atoms with Crippen LogP contribution in [0.5, 0.6) is 17.2 Å². The Balaban J connectivity index is 2.15. The first-order chi connectivity index (χ1) is 12.3. The molecule has 0 fully saturated rings. The average Bonchev–Trinajstić information content (AvgIpc) is 2.58. The number of fused-ring (bicyclic) bond motifs is 2. The summed E-state index contributed by atoms with van der Waals surface area (Å²) in [5.74, 6) is 1.64. The second-order valence-electron chi connectivity index (χ2n) is 7.78. The molecule has 1 aliphatic heterocycles. The van der Waals surface area contributed by atoms with E-state index in [1.54, 1.807) is 12.1 Å². The number of hydrogen-bond acceptors (Lipinski definition) is 2. The van der Waals surface area contributed by atoms with Crippen LogP contribution in [0.3, 0.4) is 0 Å². The van der Waals surface area contributed by atoms with Crippen molar-refractivity contribution < 1.29 is 9.84 Å². The molecule has 3 aromatic carbocycles. The lowest BCUT2D eigenvalue weighted by molar-refractivity contribution is 0.449. The molecule has 0 spiro atoms. The minimum absolute atomic E-state index is 0.00535. The topological polar surface area (TPSA) is 29.5 Å². The average molecular weight is 342 g/mol. The van der Waals surface area contributed by atoms with Crippen LogP contribution in [0.4, 0.5) is 0 Å². The maximum atomic E-state index is 9.93. The molecular formula is C24H22O2. The molecule has 0 bridgehead atoms. The van der Waals surface area contributed by atoms with E-state index in [0.29, 0.717) is 5.75 Å². The molecule has 4 rings (SSSR count). The normalized spacial score (nSPS) is 13.0. The molecule has 0 radical (unpaired) electrons. The highest BCUT2D eigenvalue weighted by molar-refractivity contribution is 5.87. The summed E-state index contributed by atoms with van der Waals surface area (Å²) >= 11 is 0. The minimum Gasteiger partial charge on any atom is -0.508 e. The van der Waals surface area contributed by atoms with Gasteiger partial charge in [0, 0.05) is 22.4 Å². The number of ether oxygens (including phenoxy) is 1. The third-order valence-electron chi connectivity index (χ3n) is 4.77. The third-order valence-corrected chi connectivity index (χ3v) is 4.77. The van der Waals surface area contributed by atoms with Gasteiger partial charge in [-0.2, -0.15) is 0 Å². The van der Waals surface area contributed by atoms with E-state index in [4.69, 9.17) is 4.74 Å². The van der Waals surface area contributed by atoms with Crippen LogP contribution >= 0.6 is 0 Å². The standard InChI is InChI=1S/C24H22O2/c1-15-9-11-18-21(13-15)26-22-14-16(25)10-12-19(22)23(18)17-7-5-6-8-20(17)24(2,3)4/h5-14,25H,1H2,2-4H3. The highest BCUT2D eigenvalue weighted by Crippen LogP contribution is 2.40. The molecule has 0 aliphatic carbocycles. The van der Waals surface area contributed by atoms with Crippen LogP contribution in [-0.4, -0.2) is 5.11 Å². The Morgan fingerprint density at radius 2 is 1.62 bits per heavy atom. The molecule has 3 aromatic rings.